The highest BCUT2D eigenvalue weighted by Crippen LogP contribution is 2.01. The van der Waals surface area contributed by atoms with Crippen LogP contribution in [0.3, 0.4) is 0 Å². The van der Waals surface area contributed by atoms with E-state index in [0.717, 1.165) is 19.5 Å². The fourth-order valence-electron chi connectivity index (χ4n) is 1.21. The van der Waals surface area contributed by atoms with Crippen molar-refractivity contribution in [1.82, 2.24) is 5.32 Å². The molecule has 3 nitrogen and oxygen atoms in total. The van der Waals surface area contributed by atoms with Crippen molar-refractivity contribution in [3.63, 3.8) is 0 Å². The molecular formula is C9H17NO2. The van der Waals surface area contributed by atoms with Gasteiger partial charge in [0.2, 0.25) is 0 Å². The maximum Gasteiger partial charge on any atom is 0.0712 e. The monoisotopic (exact) mass is 171 g/mol. The SMILES string of the molecule is C=CCOCCOC1CCNC1. The molecule has 1 unspecified atom stereocenters. The van der Waals surface area contributed by atoms with Crippen LogP contribution in [0.5, 0.6) is 0 Å². The van der Waals surface area contributed by atoms with Gasteiger partial charge in [-0.1, -0.05) is 6.08 Å². The summed E-state index contributed by atoms with van der Waals surface area (Å²) in [6.07, 6.45) is 3.27. The molecule has 0 spiro atoms. The van der Waals surface area contributed by atoms with E-state index in [1.807, 2.05) is 0 Å². The van der Waals surface area contributed by atoms with Crippen LogP contribution in [-0.2, 0) is 9.47 Å². The van der Waals surface area contributed by atoms with E-state index in [0.29, 0.717) is 25.9 Å². The smallest absolute Gasteiger partial charge is 0.0712 e. The number of hydrogen-bond donors (Lipinski definition) is 1. The van der Waals surface area contributed by atoms with E-state index in [2.05, 4.69) is 11.9 Å². The zero-order chi connectivity index (χ0) is 8.65. The molecule has 0 aromatic carbocycles. The molecule has 1 saturated heterocycles. The van der Waals surface area contributed by atoms with Crippen molar-refractivity contribution in [1.29, 1.82) is 0 Å². The Balaban J connectivity index is 1.84. The van der Waals surface area contributed by atoms with Gasteiger partial charge in [0.25, 0.3) is 0 Å². The van der Waals surface area contributed by atoms with Crippen LogP contribution in [0.2, 0.25) is 0 Å². The van der Waals surface area contributed by atoms with Gasteiger partial charge in [-0.2, -0.15) is 0 Å². The fourth-order valence-corrected chi connectivity index (χ4v) is 1.21. The fraction of sp³-hybridized carbons (Fsp3) is 0.778. The van der Waals surface area contributed by atoms with Crippen molar-refractivity contribution in [3.8, 4) is 0 Å². The van der Waals surface area contributed by atoms with Crippen LogP contribution in [0, 0.1) is 0 Å². The Morgan fingerprint density at radius 2 is 2.42 bits per heavy atom. The molecule has 70 valence electrons. The Hall–Kier alpha value is -0.380. The zero-order valence-corrected chi connectivity index (χ0v) is 7.42. The summed E-state index contributed by atoms with van der Waals surface area (Å²) < 4.78 is 10.7. The third-order valence-corrected chi connectivity index (χ3v) is 1.83. The van der Waals surface area contributed by atoms with Crippen molar-refractivity contribution in [2.24, 2.45) is 0 Å². The Labute approximate surface area is 73.7 Å². The summed E-state index contributed by atoms with van der Waals surface area (Å²) in [5.74, 6) is 0. The van der Waals surface area contributed by atoms with Crippen LogP contribution in [0.1, 0.15) is 6.42 Å². The molecule has 3 heteroatoms. The highest BCUT2D eigenvalue weighted by atomic mass is 16.5. The van der Waals surface area contributed by atoms with Crippen LogP contribution in [-0.4, -0.2) is 39.0 Å². The Morgan fingerprint density at radius 3 is 3.08 bits per heavy atom. The minimum atomic E-state index is 0.400. The van der Waals surface area contributed by atoms with Gasteiger partial charge in [0, 0.05) is 6.54 Å². The first-order valence-corrected chi connectivity index (χ1v) is 4.44. The molecule has 0 saturated carbocycles. The van der Waals surface area contributed by atoms with E-state index in [4.69, 9.17) is 9.47 Å². The molecule has 0 aromatic heterocycles. The van der Waals surface area contributed by atoms with E-state index >= 15 is 0 Å². The second kappa shape index (κ2) is 6.17. The molecule has 1 rings (SSSR count). The van der Waals surface area contributed by atoms with Crippen molar-refractivity contribution >= 4 is 0 Å². The predicted octanol–water partition coefficient (Wildman–Crippen LogP) is 0.567. The van der Waals surface area contributed by atoms with Crippen LogP contribution in [0.4, 0.5) is 0 Å². The lowest BCUT2D eigenvalue weighted by Crippen LogP contribution is -2.19. The summed E-state index contributed by atoms with van der Waals surface area (Å²) in [6, 6.07) is 0. The molecule has 0 aliphatic carbocycles. The molecule has 1 N–H and O–H groups in total. The van der Waals surface area contributed by atoms with Gasteiger partial charge in [-0.15, -0.1) is 6.58 Å². The summed E-state index contributed by atoms with van der Waals surface area (Å²) in [5.41, 5.74) is 0. The van der Waals surface area contributed by atoms with Crippen molar-refractivity contribution < 1.29 is 9.47 Å². The molecule has 1 aliphatic heterocycles. The second-order valence-electron chi connectivity index (χ2n) is 2.85. The highest BCUT2D eigenvalue weighted by Gasteiger charge is 2.13. The third-order valence-electron chi connectivity index (χ3n) is 1.83. The van der Waals surface area contributed by atoms with Crippen molar-refractivity contribution in [2.75, 3.05) is 32.9 Å². The minimum Gasteiger partial charge on any atom is -0.375 e. The van der Waals surface area contributed by atoms with E-state index in [1.54, 1.807) is 6.08 Å². The lowest BCUT2D eigenvalue weighted by molar-refractivity contribution is 0.0197. The summed E-state index contributed by atoms with van der Waals surface area (Å²) >= 11 is 0. The minimum absolute atomic E-state index is 0.400. The van der Waals surface area contributed by atoms with Gasteiger partial charge in [0.05, 0.1) is 25.9 Å². The lowest BCUT2D eigenvalue weighted by Gasteiger charge is -2.09. The van der Waals surface area contributed by atoms with E-state index in [1.165, 1.54) is 0 Å². The van der Waals surface area contributed by atoms with Crippen molar-refractivity contribution in [2.45, 2.75) is 12.5 Å². The van der Waals surface area contributed by atoms with Gasteiger partial charge in [0.1, 0.15) is 0 Å². The molecule has 0 bridgehead atoms. The number of rotatable bonds is 6. The maximum absolute atomic E-state index is 5.53. The quantitative estimate of drug-likeness (QED) is 0.468. The van der Waals surface area contributed by atoms with Gasteiger partial charge in [0.15, 0.2) is 0 Å². The van der Waals surface area contributed by atoms with E-state index < -0.39 is 0 Å². The molecule has 1 heterocycles. The Bertz CT molecular complexity index is 122. The summed E-state index contributed by atoms with van der Waals surface area (Å²) in [6.45, 7) is 7.61. The average Bonchev–Trinajstić information content (AvgIpc) is 2.57. The van der Waals surface area contributed by atoms with Crippen molar-refractivity contribution in [3.05, 3.63) is 12.7 Å². The standard InChI is InChI=1S/C9H17NO2/c1-2-5-11-6-7-12-9-3-4-10-8-9/h2,9-10H,1,3-8H2. The molecule has 1 fully saturated rings. The largest absolute Gasteiger partial charge is 0.375 e. The van der Waals surface area contributed by atoms with Crippen LogP contribution >= 0.6 is 0 Å². The molecule has 12 heavy (non-hydrogen) atoms. The molecule has 0 amide bonds. The average molecular weight is 171 g/mol. The van der Waals surface area contributed by atoms with Crippen LogP contribution < -0.4 is 5.32 Å². The topological polar surface area (TPSA) is 30.5 Å². The molecular weight excluding hydrogens is 154 g/mol. The Kier molecular flexibility index (Phi) is 4.99. The van der Waals surface area contributed by atoms with Crippen LogP contribution in [0.25, 0.3) is 0 Å². The summed E-state index contributed by atoms with van der Waals surface area (Å²) in [7, 11) is 0. The third kappa shape index (κ3) is 3.85. The normalized spacial score (nSPS) is 22.8. The first-order chi connectivity index (χ1) is 5.93. The molecule has 1 atom stereocenters. The van der Waals surface area contributed by atoms with E-state index in [9.17, 15) is 0 Å². The Morgan fingerprint density at radius 1 is 1.50 bits per heavy atom. The van der Waals surface area contributed by atoms with Gasteiger partial charge < -0.3 is 14.8 Å². The predicted molar refractivity (Wildman–Crippen MR) is 48.2 cm³/mol. The number of nitrogens with one attached hydrogen (secondary N) is 1. The molecule has 0 radical (unpaired) electrons. The lowest BCUT2D eigenvalue weighted by atomic mass is 10.3. The number of ether oxygens (including phenoxy) is 2. The first-order valence-electron chi connectivity index (χ1n) is 4.44. The second-order valence-corrected chi connectivity index (χ2v) is 2.85. The van der Waals surface area contributed by atoms with E-state index in [-0.39, 0.29) is 0 Å². The summed E-state index contributed by atoms with van der Waals surface area (Å²) in [4.78, 5) is 0. The first kappa shape index (κ1) is 9.71. The van der Waals surface area contributed by atoms with Gasteiger partial charge in [-0.3, -0.25) is 0 Å². The van der Waals surface area contributed by atoms with Gasteiger partial charge in [-0.05, 0) is 13.0 Å². The van der Waals surface area contributed by atoms with Crippen LogP contribution in [0.15, 0.2) is 12.7 Å². The molecule has 1 aliphatic rings. The van der Waals surface area contributed by atoms with Gasteiger partial charge >= 0.3 is 0 Å². The highest BCUT2D eigenvalue weighted by molar-refractivity contribution is 4.70. The zero-order valence-electron chi connectivity index (χ0n) is 7.42. The summed E-state index contributed by atoms with van der Waals surface area (Å²) in [5, 5.41) is 3.24. The van der Waals surface area contributed by atoms with Gasteiger partial charge in [-0.25, -0.2) is 0 Å². The maximum atomic E-state index is 5.53. The number of hydrogen-bond acceptors (Lipinski definition) is 3. The molecule has 0 aromatic rings.